The number of rotatable bonds is 3. The number of pyridine rings is 1. The summed E-state index contributed by atoms with van der Waals surface area (Å²) < 4.78 is 1.69. The second-order valence-corrected chi connectivity index (χ2v) is 8.81. The van der Waals surface area contributed by atoms with Crippen LogP contribution in [0, 0.1) is 21.4 Å². The summed E-state index contributed by atoms with van der Waals surface area (Å²) in [6.45, 7) is 0.968. The number of nitro benzene ring substituents is 1. The van der Waals surface area contributed by atoms with E-state index in [0.717, 1.165) is 5.69 Å². The van der Waals surface area contributed by atoms with Gasteiger partial charge >= 0.3 is 5.97 Å². The molecule has 1 fully saturated rings. The number of nitrogens with zero attached hydrogens (tertiary/aromatic N) is 3. The van der Waals surface area contributed by atoms with E-state index in [1.165, 1.54) is 25.2 Å². The van der Waals surface area contributed by atoms with Crippen molar-refractivity contribution in [1.29, 1.82) is 0 Å². The smallest absolute Gasteiger partial charge is 0.321 e. The number of carboxylic acids is 1. The molecule has 4 atom stereocenters. The zero-order valence-electron chi connectivity index (χ0n) is 17.4. The van der Waals surface area contributed by atoms with Gasteiger partial charge in [0.2, 0.25) is 5.91 Å². The van der Waals surface area contributed by atoms with Crippen molar-refractivity contribution in [3.63, 3.8) is 0 Å². The number of piperidine rings is 1. The number of carbonyl (C=O) groups is 2. The third kappa shape index (κ3) is 2.61. The van der Waals surface area contributed by atoms with Crippen LogP contribution < -0.4 is 15.8 Å². The van der Waals surface area contributed by atoms with Gasteiger partial charge in [-0.15, -0.1) is 0 Å². The summed E-state index contributed by atoms with van der Waals surface area (Å²) in [5.41, 5.74) is -0.246. The van der Waals surface area contributed by atoms with Gasteiger partial charge in [-0.05, 0) is 30.0 Å². The molecule has 2 N–H and O–H groups in total. The van der Waals surface area contributed by atoms with Gasteiger partial charge < -0.3 is 19.9 Å². The molecule has 166 valence electrons. The van der Waals surface area contributed by atoms with E-state index in [9.17, 15) is 29.6 Å². The second-order valence-electron chi connectivity index (χ2n) is 8.81. The Balaban J connectivity index is 1.77. The minimum atomic E-state index is -1.86. The van der Waals surface area contributed by atoms with Gasteiger partial charge in [-0.3, -0.25) is 24.5 Å². The van der Waals surface area contributed by atoms with Crippen LogP contribution in [0.25, 0.3) is 0 Å². The first-order valence-corrected chi connectivity index (χ1v) is 10.5. The number of benzene rings is 1. The summed E-state index contributed by atoms with van der Waals surface area (Å²) in [6.07, 6.45) is 0.497. The maximum atomic E-state index is 13.2. The Morgan fingerprint density at radius 2 is 2.03 bits per heavy atom. The average molecular weight is 438 g/mol. The number of nitro groups is 1. The van der Waals surface area contributed by atoms with E-state index in [4.69, 9.17) is 0 Å². The lowest BCUT2D eigenvalue weighted by molar-refractivity contribution is -0.384. The fraction of sp³-hybridized carbons (Fsp3) is 0.409. The maximum absolute atomic E-state index is 13.2. The highest BCUT2D eigenvalue weighted by Crippen LogP contribution is 2.53. The van der Waals surface area contributed by atoms with Crippen LogP contribution in [0.3, 0.4) is 0 Å². The van der Waals surface area contributed by atoms with Gasteiger partial charge in [0.1, 0.15) is 0 Å². The number of hydrogen-bond acceptors (Lipinski definition) is 6. The number of amides is 1. The molecule has 0 aliphatic carbocycles. The summed E-state index contributed by atoms with van der Waals surface area (Å²) >= 11 is 0. The molecule has 5 rings (SSSR count). The van der Waals surface area contributed by atoms with Crippen molar-refractivity contribution in [2.75, 3.05) is 18.5 Å². The first-order chi connectivity index (χ1) is 15.3. The van der Waals surface area contributed by atoms with Crippen molar-refractivity contribution in [2.45, 2.75) is 31.3 Å². The number of aliphatic carboxylic acids is 1. The highest BCUT2D eigenvalue weighted by atomic mass is 16.6. The van der Waals surface area contributed by atoms with Crippen LogP contribution in [-0.2, 0) is 22.6 Å². The van der Waals surface area contributed by atoms with Gasteiger partial charge in [0.05, 0.1) is 11.0 Å². The highest BCUT2D eigenvalue weighted by Gasteiger charge is 2.62. The Labute approximate surface area is 182 Å². The molecule has 3 aliphatic heterocycles. The molecular formula is C22H22N4O6. The van der Waals surface area contributed by atoms with Crippen LogP contribution in [0.4, 0.5) is 11.4 Å². The van der Waals surface area contributed by atoms with Gasteiger partial charge in [-0.25, -0.2) is 0 Å². The zero-order chi connectivity index (χ0) is 22.8. The molecule has 32 heavy (non-hydrogen) atoms. The molecule has 0 saturated carbocycles. The molecule has 1 unspecified atom stereocenters. The van der Waals surface area contributed by atoms with Crippen molar-refractivity contribution in [3.05, 3.63) is 68.1 Å². The van der Waals surface area contributed by atoms with Crippen LogP contribution in [-0.4, -0.2) is 46.1 Å². The number of nitrogens with one attached hydrogen (secondary N) is 1. The van der Waals surface area contributed by atoms with E-state index < -0.39 is 28.3 Å². The third-order valence-electron chi connectivity index (χ3n) is 7.23. The lowest BCUT2D eigenvalue weighted by Gasteiger charge is -2.57. The molecular weight excluding hydrogens is 416 g/mol. The first kappa shape index (κ1) is 20.2. The Bertz CT molecular complexity index is 1220. The van der Waals surface area contributed by atoms with Gasteiger partial charge in [0.25, 0.3) is 11.2 Å². The van der Waals surface area contributed by atoms with Crippen molar-refractivity contribution in [3.8, 4) is 0 Å². The molecule has 2 bridgehead atoms. The summed E-state index contributed by atoms with van der Waals surface area (Å²) in [4.78, 5) is 51.3. The second kappa shape index (κ2) is 6.91. The van der Waals surface area contributed by atoms with E-state index in [1.54, 1.807) is 16.7 Å². The SMILES string of the molecule is CNC(=O)C1(C(=O)O)Cc2cc([N+](=O)[O-])ccc2N2C[C@H]3C[C@H](c4cccc(=O)n4C3)[C@@H]21. The average Bonchev–Trinajstić information content (AvgIpc) is 2.77. The minimum absolute atomic E-state index is 0.0844. The van der Waals surface area contributed by atoms with E-state index in [-0.39, 0.29) is 29.5 Å². The number of aromatic nitrogens is 1. The minimum Gasteiger partial charge on any atom is -0.480 e. The Hall–Kier alpha value is -3.69. The molecule has 1 saturated heterocycles. The predicted molar refractivity (Wildman–Crippen MR) is 114 cm³/mol. The normalized spacial score (nSPS) is 27.5. The van der Waals surface area contributed by atoms with Crippen molar-refractivity contribution in [2.24, 2.45) is 11.3 Å². The Morgan fingerprint density at radius 1 is 1.25 bits per heavy atom. The van der Waals surface area contributed by atoms with Gasteiger partial charge in [0, 0.05) is 62.1 Å². The lowest BCUT2D eigenvalue weighted by atomic mass is 9.61. The summed E-state index contributed by atoms with van der Waals surface area (Å²) in [6, 6.07) is 8.67. The molecule has 4 heterocycles. The number of carboxylic acid groups (broad SMARTS) is 1. The molecule has 10 heteroatoms. The predicted octanol–water partition coefficient (Wildman–Crippen LogP) is 1.12. The number of non-ortho nitro benzene ring substituents is 1. The molecule has 0 radical (unpaired) electrons. The molecule has 1 aromatic heterocycles. The van der Waals surface area contributed by atoms with Crippen molar-refractivity contribution < 1.29 is 19.6 Å². The first-order valence-electron chi connectivity index (χ1n) is 10.5. The van der Waals surface area contributed by atoms with Gasteiger partial charge in [0.15, 0.2) is 5.41 Å². The number of carbonyl (C=O) groups excluding carboxylic acids is 1. The zero-order valence-corrected chi connectivity index (χ0v) is 17.4. The number of anilines is 1. The van der Waals surface area contributed by atoms with E-state index in [1.807, 2.05) is 11.0 Å². The summed E-state index contributed by atoms with van der Waals surface area (Å²) in [5.74, 6) is -2.20. The number of hydrogen-bond donors (Lipinski definition) is 2. The summed E-state index contributed by atoms with van der Waals surface area (Å²) in [5, 5.41) is 24.3. The van der Waals surface area contributed by atoms with Crippen LogP contribution >= 0.6 is 0 Å². The Morgan fingerprint density at radius 3 is 2.72 bits per heavy atom. The maximum Gasteiger partial charge on any atom is 0.321 e. The van der Waals surface area contributed by atoms with E-state index in [0.29, 0.717) is 30.8 Å². The molecule has 0 spiro atoms. The molecule has 1 amide bonds. The van der Waals surface area contributed by atoms with E-state index >= 15 is 0 Å². The fourth-order valence-corrected chi connectivity index (χ4v) is 6.01. The van der Waals surface area contributed by atoms with Crippen LogP contribution in [0.2, 0.25) is 0 Å². The third-order valence-corrected chi connectivity index (χ3v) is 7.23. The summed E-state index contributed by atoms with van der Waals surface area (Å²) in [7, 11) is 1.39. The largest absolute Gasteiger partial charge is 0.480 e. The lowest BCUT2D eigenvalue weighted by Crippen LogP contribution is -2.68. The fourth-order valence-electron chi connectivity index (χ4n) is 6.01. The van der Waals surface area contributed by atoms with Crippen LogP contribution in [0.1, 0.15) is 23.6 Å². The van der Waals surface area contributed by atoms with Crippen molar-refractivity contribution >= 4 is 23.3 Å². The number of fused-ring (bicyclic) bond motifs is 8. The molecule has 1 aromatic carbocycles. The monoisotopic (exact) mass is 438 g/mol. The van der Waals surface area contributed by atoms with Crippen LogP contribution in [0.15, 0.2) is 41.2 Å². The Kier molecular flexibility index (Phi) is 4.37. The van der Waals surface area contributed by atoms with E-state index in [2.05, 4.69) is 5.32 Å². The molecule has 2 aromatic rings. The molecule has 3 aliphatic rings. The molecule has 10 nitrogen and oxygen atoms in total. The standard InChI is InChI=1S/C22H22N4O6/c1-23-20(28)22(21(29)30)9-13-8-14(26(31)32)5-6-16(13)25-11-12-7-15(19(22)25)17-3-2-4-18(27)24(17)10-12/h2-6,8,12,15,19H,7,9-11H2,1H3,(H,23,28)(H,29,30)/t12-,15+,19+,22?/m0/s1. The van der Waals surface area contributed by atoms with Gasteiger partial charge in [-0.2, -0.15) is 0 Å². The van der Waals surface area contributed by atoms with Crippen molar-refractivity contribution in [1.82, 2.24) is 9.88 Å². The highest BCUT2D eigenvalue weighted by molar-refractivity contribution is 6.04. The quantitative estimate of drug-likeness (QED) is 0.417. The van der Waals surface area contributed by atoms with Crippen LogP contribution in [0.5, 0.6) is 0 Å². The van der Waals surface area contributed by atoms with Gasteiger partial charge in [-0.1, -0.05) is 6.07 Å². The topological polar surface area (TPSA) is 135 Å².